The Morgan fingerprint density at radius 3 is 2.71 bits per heavy atom. The second kappa shape index (κ2) is 5.17. The van der Waals surface area contributed by atoms with Gasteiger partial charge in [0.05, 0.1) is 16.4 Å². The molecule has 1 aliphatic carbocycles. The van der Waals surface area contributed by atoms with Crippen molar-refractivity contribution in [3.63, 3.8) is 0 Å². The first-order valence-electron chi connectivity index (χ1n) is 7.75. The smallest absolute Gasteiger partial charge is 0.310 e. The summed E-state index contributed by atoms with van der Waals surface area (Å²) in [6.07, 6.45) is 4.11. The number of aliphatic carboxylic acids is 1. The summed E-state index contributed by atoms with van der Waals surface area (Å²) in [7, 11) is 0. The minimum absolute atomic E-state index is 0.546. The van der Waals surface area contributed by atoms with Crippen molar-refractivity contribution in [3.05, 3.63) is 29.6 Å². The molecular weight excluding hydrogens is 264 g/mol. The monoisotopic (exact) mass is 286 g/mol. The molecule has 1 saturated carbocycles. The highest BCUT2D eigenvalue weighted by Gasteiger charge is 2.42. The highest BCUT2D eigenvalue weighted by molar-refractivity contribution is 5.78. The van der Waals surface area contributed by atoms with E-state index in [-0.39, 0.29) is 0 Å². The fourth-order valence-electron chi connectivity index (χ4n) is 3.60. The number of fused-ring (bicyclic) bond motifs is 1. The second-order valence-electron chi connectivity index (χ2n) is 6.23. The molecule has 1 aliphatic rings. The number of rotatable bonds is 4. The maximum Gasteiger partial charge on any atom is 0.310 e. The third-order valence-corrected chi connectivity index (χ3v) is 4.81. The van der Waals surface area contributed by atoms with Crippen molar-refractivity contribution in [1.29, 1.82) is 0 Å². The maximum absolute atomic E-state index is 11.8. The SMILES string of the molecule is CCn1c(CC2(C(=O)O)CCCC2)nc2cc(C)ccc21. The predicted octanol–water partition coefficient (Wildman–Crippen LogP) is 3.55. The van der Waals surface area contributed by atoms with Gasteiger partial charge in [-0.25, -0.2) is 4.98 Å². The third-order valence-electron chi connectivity index (χ3n) is 4.81. The van der Waals surface area contributed by atoms with E-state index in [1.807, 2.05) is 0 Å². The van der Waals surface area contributed by atoms with Gasteiger partial charge >= 0.3 is 5.97 Å². The Morgan fingerprint density at radius 2 is 2.10 bits per heavy atom. The Labute approximate surface area is 124 Å². The van der Waals surface area contributed by atoms with Crippen LogP contribution in [-0.2, 0) is 17.8 Å². The summed E-state index contributed by atoms with van der Waals surface area (Å²) in [4.78, 5) is 16.5. The number of carboxylic acids is 1. The van der Waals surface area contributed by atoms with Crippen LogP contribution >= 0.6 is 0 Å². The number of carboxylic acid groups (broad SMARTS) is 1. The zero-order valence-electron chi connectivity index (χ0n) is 12.7. The van der Waals surface area contributed by atoms with Gasteiger partial charge < -0.3 is 9.67 Å². The van der Waals surface area contributed by atoms with Crippen LogP contribution in [0.2, 0.25) is 0 Å². The second-order valence-corrected chi connectivity index (χ2v) is 6.23. The van der Waals surface area contributed by atoms with Crippen LogP contribution in [0.4, 0.5) is 0 Å². The molecule has 1 N–H and O–H groups in total. The highest BCUT2D eigenvalue weighted by Crippen LogP contribution is 2.41. The van der Waals surface area contributed by atoms with Gasteiger partial charge in [0.25, 0.3) is 0 Å². The van der Waals surface area contributed by atoms with Crippen LogP contribution in [-0.4, -0.2) is 20.6 Å². The largest absolute Gasteiger partial charge is 0.481 e. The molecule has 3 rings (SSSR count). The normalized spacial score (nSPS) is 17.4. The van der Waals surface area contributed by atoms with Gasteiger partial charge in [0.15, 0.2) is 0 Å². The van der Waals surface area contributed by atoms with E-state index >= 15 is 0 Å². The molecule has 0 unspecified atom stereocenters. The van der Waals surface area contributed by atoms with Crippen LogP contribution in [0.15, 0.2) is 18.2 Å². The van der Waals surface area contributed by atoms with E-state index in [9.17, 15) is 9.90 Å². The number of carbonyl (C=O) groups is 1. The molecule has 1 heterocycles. The van der Waals surface area contributed by atoms with E-state index < -0.39 is 11.4 Å². The maximum atomic E-state index is 11.8. The summed E-state index contributed by atoms with van der Waals surface area (Å²) in [5.41, 5.74) is 2.66. The number of aromatic nitrogens is 2. The first kappa shape index (κ1) is 14.1. The minimum Gasteiger partial charge on any atom is -0.481 e. The van der Waals surface area contributed by atoms with Gasteiger partial charge in [-0.15, -0.1) is 0 Å². The lowest BCUT2D eigenvalue weighted by Crippen LogP contribution is -2.31. The van der Waals surface area contributed by atoms with Gasteiger partial charge in [-0.2, -0.15) is 0 Å². The summed E-state index contributed by atoms with van der Waals surface area (Å²) < 4.78 is 2.16. The predicted molar refractivity (Wildman–Crippen MR) is 82.4 cm³/mol. The molecule has 0 spiro atoms. The van der Waals surface area contributed by atoms with E-state index in [2.05, 4.69) is 36.6 Å². The number of benzene rings is 1. The highest BCUT2D eigenvalue weighted by atomic mass is 16.4. The number of hydrogen-bond acceptors (Lipinski definition) is 2. The van der Waals surface area contributed by atoms with E-state index in [0.717, 1.165) is 49.1 Å². The van der Waals surface area contributed by atoms with Crippen LogP contribution < -0.4 is 0 Å². The van der Waals surface area contributed by atoms with Crippen LogP contribution in [0.5, 0.6) is 0 Å². The Hall–Kier alpha value is -1.84. The molecule has 1 aromatic heterocycles. The van der Waals surface area contributed by atoms with Crippen molar-refractivity contribution in [2.45, 2.75) is 52.5 Å². The molecule has 21 heavy (non-hydrogen) atoms. The Bertz CT molecular complexity index is 681. The molecule has 4 nitrogen and oxygen atoms in total. The topological polar surface area (TPSA) is 55.1 Å². The van der Waals surface area contributed by atoms with Crippen LogP contribution in [0.25, 0.3) is 11.0 Å². The van der Waals surface area contributed by atoms with E-state index in [4.69, 9.17) is 4.98 Å². The molecule has 0 radical (unpaired) electrons. The van der Waals surface area contributed by atoms with Gasteiger partial charge in [0, 0.05) is 13.0 Å². The standard InChI is InChI=1S/C17H22N2O2/c1-3-19-14-7-6-12(2)10-13(14)18-15(19)11-17(16(20)21)8-4-5-9-17/h6-7,10H,3-5,8-9,11H2,1-2H3,(H,20,21). The summed E-state index contributed by atoms with van der Waals surface area (Å²) >= 11 is 0. The average molecular weight is 286 g/mol. The number of imidazole rings is 1. The Kier molecular flexibility index (Phi) is 3.47. The molecule has 2 aromatic rings. The van der Waals surface area contributed by atoms with Crippen LogP contribution in [0.1, 0.15) is 44.0 Å². The Morgan fingerprint density at radius 1 is 1.38 bits per heavy atom. The first-order valence-corrected chi connectivity index (χ1v) is 7.75. The molecule has 4 heteroatoms. The third kappa shape index (κ3) is 2.33. The van der Waals surface area contributed by atoms with Crippen molar-refractivity contribution in [2.75, 3.05) is 0 Å². The van der Waals surface area contributed by atoms with Crippen LogP contribution in [0, 0.1) is 12.3 Å². The number of hydrogen-bond donors (Lipinski definition) is 1. The van der Waals surface area contributed by atoms with Crippen molar-refractivity contribution < 1.29 is 9.90 Å². The van der Waals surface area contributed by atoms with Gasteiger partial charge in [-0.1, -0.05) is 18.9 Å². The first-order chi connectivity index (χ1) is 10.1. The lowest BCUT2D eigenvalue weighted by molar-refractivity contribution is -0.148. The Balaban J connectivity index is 2.05. The molecule has 0 aliphatic heterocycles. The summed E-state index contributed by atoms with van der Waals surface area (Å²) in [5.74, 6) is 0.258. The molecule has 1 aromatic carbocycles. The molecular formula is C17H22N2O2. The molecule has 1 fully saturated rings. The fraction of sp³-hybridized carbons (Fsp3) is 0.529. The van der Waals surface area contributed by atoms with Gasteiger partial charge in [0.1, 0.15) is 5.82 Å². The number of aryl methyl sites for hydroxylation is 2. The zero-order chi connectivity index (χ0) is 15.0. The lowest BCUT2D eigenvalue weighted by atomic mass is 9.82. The average Bonchev–Trinajstić information content (AvgIpc) is 3.03. The van der Waals surface area contributed by atoms with Gasteiger partial charge in [-0.3, -0.25) is 4.79 Å². The van der Waals surface area contributed by atoms with E-state index in [0.29, 0.717) is 6.42 Å². The molecule has 0 saturated heterocycles. The van der Waals surface area contributed by atoms with Crippen LogP contribution in [0.3, 0.4) is 0 Å². The lowest BCUT2D eigenvalue weighted by Gasteiger charge is -2.23. The van der Waals surface area contributed by atoms with Gasteiger partial charge in [0.2, 0.25) is 0 Å². The van der Waals surface area contributed by atoms with Gasteiger partial charge in [-0.05, 0) is 44.4 Å². The molecule has 0 bridgehead atoms. The van der Waals surface area contributed by atoms with E-state index in [1.54, 1.807) is 0 Å². The molecule has 0 amide bonds. The van der Waals surface area contributed by atoms with Crippen molar-refractivity contribution in [2.24, 2.45) is 5.41 Å². The summed E-state index contributed by atoms with van der Waals surface area (Å²) in [5, 5.41) is 9.67. The molecule has 112 valence electrons. The molecule has 0 atom stereocenters. The summed E-state index contributed by atoms with van der Waals surface area (Å²) in [6, 6.07) is 6.25. The van der Waals surface area contributed by atoms with Crippen molar-refractivity contribution in [3.8, 4) is 0 Å². The quantitative estimate of drug-likeness (QED) is 0.935. The summed E-state index contributed by atoms with van der Waals surface area (Å²) in [6.45, 7) is 4.97. The minimum atomic E-state index is -0.661. The van der Waals surface area contributed by atoms with E-state index in [1.165, 1.54) is 5.56 Å². The number of nitrogens with zero attached hydrogens (tertiary/aromatic N) is 2. The van der Waals surface area contributed by atoms with Crippen molar-refractivity contribution in [1.82, 2.24) is 9.55 Å². The fourth-order valence-corrected chi connectivity index (χ4v) is 3.60. The van der Waals surface area contributed by atoms with Crippen molar-refractivity contribution >= 4 is 17.0 Å². The zero-order valence-corrected chi connectivity index (χ0v) is 12.7.